The third-order valence-corrected chi connectivity index (χ3v) is 4.57. The van der Waals surface area contributed by atoms with Gasteiger partial charge in [-0.05, 0) is 0 Å². The second kappa shape index (κ2) is 4.40. The van der Waals surface area contributed by atoms with Crippen molar-refractivity contribution in [2.24, 2.45) is 0 Å². The van der Waals surface area contributed by atoms with Crippen LogP contribution in [0.3, 0.4) is 0 Å². The van der Waals surface area contributed by atoms with E-state index in [2.05, 4.69) is 0 Å². The Morgan fingerprint density at radius 3 is 2.08 bits per heavy atom. The lowest BCUT2D eigenvalue weighted by atomic mass is 10.8. The normalized spacial score (nSPS) is 13.2. The lowest BCUT2D eigenvalue weighted by molar-refractivity contribution is 0.583. The largest absolute Gasteiger partial charge is 0.228 e. The number of alkyl halides is 1. The predicted octanol–water partition coefficient (Wildman–Crippen LogP) is -0.853. The van der Waals surface area contributed by atoms with Crippen molar-refractivity contribution < 1.29 is 16.8 Å². The van der Waals surface area contributed by atoms with Crippen molar-refractivity contribution in [3.8, 4) is 0 Å². The first kappa shape index (κ1) is 12.2. The molecule has 0 atom stereocenters. The van der Waals surface area contributed by atoms with Crippen molar-refractivity contribution in [2.75, 3.05) is 23.8 Å². The predicted molar refractivity (Wildman–Crippen MR) is 47.4 cm³/mol. The number of nitrogens with one attached hydrogen (secondary N) is 1. The molecule has 0 unspecified atom stereocenters. The van der Waals surface area contributed by atoms with Crippen LogP contribution in [0.1, 0.15) is 0 Å². The third-order valence-electron chi connectivity index (χ3n) is 0.786. The standard InChI is InChI=1S/C4H10ClNO4S2/c1-11(7,8)4-12(9,10)6-3-2-5/h6H,2-4H2,1H3. The van der Waals surface area contributed by atoms with E-state index in [-0.39, 0.29) is 12.4 Å². The van der Waals surface area contributed by atoms with Crippen LogP contribution in [0, 0.1) is 0 Å². The van der Waals surface area contributed by atoms with Gasteiger partial charge >= 0.3 is 0 Å². The van der Waals surface area contributed by atoms with Crippen LogP contribution in [-0.4, -0.2) is 40.6 Å². The van der Waals surface area contributed by atoms with Crippen molar-refractivity contribution in [1.82, 2.24) is 4.72 Å². The first-order valence-corrected chi connectivity index (χ1v) is 7.22. The van der Waals surface area contributed by atoms with E-state index in [0.29, 0.717) is 0 Å². The molecule has 0 amide bonds. The lowest BCUT2D eigenvalue weighted by Crippen LogP contribution is -2.31. The van der Waals surface area contributed by atoms with Crippen LogP contribution in [0.15, 0.2) is 0 Å². The molecule has 12 heavy (non-hydrogen) atoms. The van der Waals surface area contributed by atoms with E-state index in [1.165, 1.54) is 0 Å². The van der Waals surface area contributed by atoms with Gasteiger partial charge in [-0.25, -0.2) is 21.6 Å². The maximum atomic E-state index is 10.9. The molecule has 0 saturated carbocycles. The van der Waals surface area contributed by atoms with Gasteiger partial charge in [0.05, 0.1) is 0 Å². The van der Waals surface area contributed by atoms with E-state index in [1.54, 1.807) is 0 Å². The van der Waals surface area contributed by atoms with E-state index in [4.69, 9.17) is 11.6 Å². The third kappa shape index (κ3) is 6.84. The molecule has 1 N–H and O–H groups in total. The molecule has 0 aliphatic rings. The summed E-state index contributed by atoms with van der Waals surface area (Å²) in [5.74, 6) is 0.114. The molecular formula is C4H10ClNO4S2. The zero-order chi connectivity index (χ0) is 9.83. The van der Waals surface area contributed by atoms with Gasteiger partial charge in [0.2, 0.25) is 10.0 Å². The Labute approximate surface area is 77.1 Å². The molecule has 0 fully saturated rings. The molecule has 0 aromatic rings. The minimum absolute atomic E-state index is 0.0411. The van der Waals surface area contributed by atoms with E-state index in [1.807, 2.05) is 4.72 Å². The van der Waals surface area contributed by atoms with E-state index in [0.717, 1.165) is 6.26 Å². The summed E-state index contributed by atoms with van der Waals surface area (Å²) >= 11 is 5.20. The first-order valence-electron chi connectivity index (χ1n) is 2.98. The summed E-state index contributed by atoms with van der Waals surface area (Å²) in [5, 5.41) is -0.892. The number of hydrogen-bond donors (Lipinski definition) is 1. The molecule has 0 bridgehead atoms. The van der Waals surface area contributed by atoms with Crippen LogP contribution in [0.4, 0.5) is 0 Å². The Kier molecular flexibility index (Phi) is 4.46. The van der Waals surface area contributed by atoms with Gasteiger partial charge in [0.25, 0.3) is 0 Å². The van der Waals surface area contributed by atoms with E-state index in [9.17, 15) is 16.8 Å². The summed E-state index contributed by atoms with van der Waals surface area (Å²) < 4.78 is 44.9. The monoisotopic (exact) mass is 235 g/mol. The number of hydrogen-bond acceptors (Lipinski definition) is 4. The fourth-order valence-electron chi connectivity index (χ4n) is 0.518. The highest BCUT2D eigenvalue weighted by atomic mass is 35.5. The molecule has 5 nitrogen and oxygen atoms in total. The molecule has 8 heteroatoms. The highest BCUT2D eigenvalue weighted by Gasteiger charge is 2.16. The quantitative estimate of drug-likeness (QED) is 0.630. The molecule has 0 aromatic heterocycles. The zero-order valence-corrected chi connectivity index (χ0v) is 8.84. The van der Waals surface area contributed by atoms with Crippen LogP contribution in [0.5, 0.6) is 0 Å². The van der Waals surface area contributed by atoms with Crippen LogP contribution in [0.25, 0.3) is 0 Å². The first-order chi connectivity index (χ1) is 5.27. The number of halogens is 1. The van der Waals surface area contributed by atoms with Crippen molar-refractivity contribution in [3.63, 3.8) is 0 Å². The number of sulfonamides is 1. The fraction of sp³-hybridized carbons (Fsp3) is 1.00. The Hall–Kier alpha value is 0.150. The summed E-state index contributed by atoms with van der Waals surface area (Å²) in [6.45, 7) is 0.0411. The molecule has 0 spiro atoms. The zero-order valence-electron chi connectivity index (χ0n) is 6.45. The second-order valence-corrected chi connectivity index (χ2v) is 6.93. The average Bonchev–Trinajstić information content (AvgIpc) is 1.78. The van der Waals surface area contributed by atoms with Gasteiger partial charge in [-0.2, -0.15) is 0 Å². The maximum absolute atomic E-state index is 10.9. The molecule has 0 aliphatic carbocycles. The number of rotatable bonds is 5. The highest BCUT2D eigenvalue weighted by Crippen LogP contribution is 1.91. The molecule has 0 aromatic carbocycles. The van der Waals surface area contributed by atoms with Gasteiger partial charge in [0.1, 0.15) is 0 Å². The smallest absolute Gasteiger partial charge is 0.226 e. The summed E-state index contributed by atoms with van der Waals surface area (Å²) in [6.07, 6.45) is 0.854. The van der Waals surface area contributed by atoms with Gasteiger partial charge in [-0.3, -0.25) is 0 Å². The van der Waals surface area contributed by atoms with Gasteiger partial charge in [0, 0.05) is 18.7 Å². The minimum atomic E-state index is -3.72. The average molecular weight is 236 g/mol. The van der Waals surface area contributed by atoms with Gasteiger partial charge < -0.3 is 0 Å². The minimum Gasteiger partial charge on any atom is -0.228 e. The van der Waals surface area contributed by atoms with Crippen molar-refractivity contribution in [2.45, 2.75) is 0 Å². The molecule has 0 heterocycles. The lowest BCUT2D eigenvalue weighted by Gasteiger charge is -2.02. The number of sulfone groups is 1. The highest BCUT2D eigenvalue weighted by molar-refractivity contribution is 8.06. The van der Waals surface area contributed by atoms with Gasteiger partial charge in [0.15, 0.2) is 14.9 Å². The molecule has 0 aliphatic heterocycles. The van der Waals surface area contributed by atoms with Crippen LogP contribution in [0.2, 0.25) is 0 Å². The second-order valence-electron chi connectivity index (χ2n) is 2.24. The molecular weight excluding hydrogens is 226 g/mol. The van der Waals surface area contributed by atoms with E-state index >= 15 is 0 Å². The van der Waals surface area contributed by atoms with Crippen molar-refractivity contribution in [3.05, 3.63) is 0 Å². The summed E-state index contributed by atoms with van der Waals surface area (Å²) in [4.78, 5) is 0. The van der Waals surface area contributed by atoms with Crippen LogP contribution >= 0.6 is 11.6 Å². The summed E-state index contributed by atoms with van der Waals surface area (Å²) in [7, 11) is -7.23. The van der Waals surface area contributed by atoms with Gasteiger partial charge in [-0.15, -0.1) is 11.6 Å². The van der Waals surface area contributed by atoms with E-state index < -0.39 is 24.9 Å². The Balaban J connectivity index is 4.26. The van der Waals surface area contributed by atoms with Gasteiger partial charge in [-0.1, -0.05) is 0 Å². The van der Waals surface area contributed by atoms with Crippen LogP contribution in [-0.2, 0) is 19.9 Å². The fourth-order valence-corrected chi connectivity index (χ4v) is 3.73. The summed E-state index contributed by atoms with van der Waals surface area (Å²) in [6, 6.07) is 0. The Bertz CT molecular complexity index is 319. The molecule has 0 saturated heterocycles. The maximum Gasteiger partial charge on any atom is 0.226 e. The molecule has 74 valence electrons. The Morgan fingerprint density at radius 2 is 1.75 bits per heavy atom. The van der Waals surface area contributed by atoms with Crippen molar-refractivity contribution >= 4 is 31.5 Å². The Morgan fingerprint density at radius 1 is 1.25 bits per heavy atom. The molecule has 0 rings (SSSR count). The van der Waals surface area contributed by atoms with Crippen molar-refractivity contribution in [1.29, 1.82) is 0 Å². The molecule has 0 radical (unpaired) electrons. The van der Waals surface area contributed by atoms with Crippen LogP contribution < -0.4 is 4.72 Å². The topological polar surface area (TPSA) is 80.3 Å². The summed E-state index contributed by atoms with van der Waals surface area (Å²) in [5.41, 5.74) is 0. The SMILES string of the molecule is CS(=O)(=O)CS(=O)(=O)NCCCl.